The van der Waals surface area contributed by atoms with Crippen LogP contribution in [0.4, 0.5) is 5.69 Å². The van der Waals surface area contributed by atoms with Crippen LogP contribution in [0.3, 0.4) is 0 Å². The zero-order valence-electron chi connectivity index (χ0n) is 21.4. The monoisotopic (exact) mass is 530 g/mol. The third kappa shape index (κ3) is 5.34. The molecule has 1 saturated heterocycles. The number of sulfonamides is 1. The van der Waals surface area contributed by atoms with Gasteiger partial charge in [0.15, 0.2) is 0 Å². The fraction of sp³-hybridized carbons (Fsp3) is 0.241. The average Bonchev–Trinajstić information content (AvgIpc) is 3.41. The molecule has 2 heterocycles. The molecule has 0 bridgehead atoms. The molecule has 0 aliphatic carbocycles. The van der Waals surface area contributed by atoms with Crippen LogP contribution in [0.2, 0.25) is 0 Å². The number of methoxy groups -OCH3 is 2. The maximum absolute atomic E-state index is 13.1. The molecule has 38 heavy (non-hydrogen) atoms. The Bertz CT molecular complexity index is 1520. The van der Waals surface area contributed by atoms with Gasteiger partial charge in [-0.25, -0.2) is 13.1 Å². The molecule has 3 aromatic carbocycles. The highest BCUT2D eigenvalue weighted by Gasteiger charge is 2.26. The summed E-state index contributed by atoms with van der Waals surface area (Å²) in [5, 5.41) is 4.83. The first-order chi connectivity index (χ1) is 18.5. The Morgan fingerprint density at radius 1 is 0.895 bits per heavy atom. The molecule has 0 spiro atoms. The molecule has 9 heteroatoms. The van der Waals surface area contributed by atoms with Crippen molar-refractivity contribution in [1.29, 1.82) is 0 Å². The van der Waals surface area contributed by atoms with Crippen molar-refractivity contribution in [2.24, 2.45) is 4.99 Å². The van der Waals surface area contributed by atoms with E-state index in [1.54, 1.807) is 35.8 Å². The lowest BCUT2D eigenvalue weighted by Crippen LogP contribution is -2.35. The molecule has 1 aromatic heterocycles. The number of rotatable bonds is 8. The lowest BCUT2D eigenvalue weighted by atomic mass is 10.1. The van der Waals surface area contributed by atoms with E-state index in [9.17, 15) is 8.42 Å². The quantitative estimate of drug-likeness (QED) is 0.282. The van der Waals surface area contributed by atoms with Gasteiger partial charge in [-0.05, 0) is 61.4 Å². The van der Waals surface area contributed by atoms with E-state index in [1.807, 2.05) is 65.5 Å². The highest BCUT2D eigenvalue weighted by Crippen LogP contribution is 2.33. The summed E-state index contributed by atoms with van der Waals surface area (Å²) in [6.07, 6.45) is 6.46. The van der Waals surface area contributed by atoms with Crippen molar-refractivity contribution >= 4 is 21.9 Å². The Kier molecular flexibility index (Phi) is 7.57. The van der Waals surface area contributed by atoms with Crippen molar-refractivity contribution in [2.75, 3.05) is 27.3 Å². The van der Waals surface area contributed by atoms with Crippen molar-refractivity contribution < 1.29 is 17.9 Å². The number of ether oxygens (including phenoxy) is 2. The van der Waals surface area contributed by atoms with E-state index in [4.69, 9.17) is 14.6 Å². The minimum atomic E-state index is -3.58. The zero-order valence-corrected chi connectivity index (χ0v) is 22.3. The summed E-state index contributed by atoms with van der Waals surface area (Å²) in [5.74, 6) is 1.15. The Morgan fingerprint density at radius 3 is 2.32 bits per heavy atom. The number of piperidine rings is 1. The number of hydrogen-bond donors (Lipinski definition) is 0. The second kappa shape index (κ2) is 11.2. The minimum absolute atomic E-state index is 0.214. The van der Waals surface area contributed by atoms with Crippen molar-refractivity contribution in [3.8, 4) is 28.4 Å². The molecule has 0 N–H and O–H groups in total. The maximum Gasteiger partial charge on any atom is 0.243 e. The molecule has 1 fully saturated rings. The Balaban J connectivity index is 1.50. The molecule has 8 nitrogen and oxygen atoms in total. The first kappa shape index (κ1) is 25.7. The minimum Gasteiger partial charge on any atom is -0.497 e. The first-order valence-electron chi connectivity index (χ1n) is 12.5. The van der Waals surface area contributed by atoms with E-state index in [0.717, 1.165) is 47.5 Å². The summed E-state index contributed by atoms with van der Waals surface area (Å²) in [6.45, 7) is 1.09. The van der Waals surface area contributed by atoms with Crippen LogP contribution < -0.4 is 9.47 Å². The summed E-state index contributed by atoms with van der Waals surface area (Å²) in [6, 6.07) is 22.4. The van der Waals surface area contributed by atoms with E-state index in [0.29, 0.717) is 24.5 Å². The molecule has 0 amide bonds. The van der Waals surface area contributed by atoms with Crippen LogP contribution in [-0.4, -0.2) is 56.0 Å². The van der Waals surface area contributed by atoms with Gasteiger partial charge < -0.3 is 9.47 Å². The van der Waals surface area contributed by atoms with Gasteiger partial charge in [0, 0.05) is 42.7 Å². The molecule has 0 atom stereocenters. The molecule has 0 unspecified atom stereocenters. The summed E-state index contributed by atoms with van der Waals surface area (Å²) in [4.78, 5) is 4.89. The Morgan fingerprint density at radius 2 is 1.63 bits per heavy atom. The SMILES string of the molecule is COc1ccc(-c2nn(-c3ccccc3)cc2C=Nc2ccc(S(=O)(=O)N3CCCCC3)cc2OC)cc1. The number of hydrogen-bond acceptors (Lipinski definition) is 6. The van der Waals surface area contributed by atoms with Crippen LogP contribution in [-0.2, 0) is 10.0 Å². The highest BCUT2D eigenvalue weighted by atomic mass is 32.2. The molecule has 1 aliphatic rings. The van der Waals surface area contributed by atoms with E-state index < -0.39 is 10.0 Å². The van der Waals surface area contributed by atoms with Crippen LogP contribution >= 0.6 is 0 Å². The standard InChI is InChI=1S/C29H30N4O4S/c1-36-25-13-11-22(12-14-25)29-23(21-33(31-29)24-9-5-3-6-10-24)20-30-27-16-15-26(19-28(27)37-2)38(34,35)32-17-7-4-8-18-32/h3,5-6,9-16,19-21H,4,7-8,17-18H2,1-2H3. The first-order valence-corrected chi connectivity index (χ1v) is 14.0. The largest absolute Gasteiger partial charge is 0.497 e. The maximum atomic E-state index is 13.1. The van der Waals surface area contributed by atoms with Gasteiger partial charge in [-0.15, -0.1) is 0 Å². The lowest BCUT2D eigenvalue weighted by molar-refractivity contribution is 0.346. The highest BCUT2D eigenvalue weighted by molar-refractivity contribution is 7.89. The van der Waals surface area contributed by atoms with Gasteiger partial charge in [0.05, 0.1) is 24.8 Å². The zero-order chi connectivity index (χ0) is 26.5. The summed E-state index contributed by atoms with van der Waals surface area (Å²) < 4.78 is 40.5. The molecule has 0 radical (unpaired) electrons. The fourth-order valence-corrected chi connectivity index (χ4v) is 6.02. The summed E-state index contributed by atoms with van der Waals surface area (Å²) >= 11 is 0. The van der Waals surface area contributed by atoms with E-state index in [1.165, 1.54) is 7.11 Å². The second-order valence-electron chi connectivity index (χ2n) is 9.00. The van der Waals surface area contributed by atoms with Gasteiger partial charge in [-0.1, -0.05) is 24.6 Å². The average molecular weight is 531 g/mol. The van der Waals surface area contributed by atoms with Gasteiger partial charge in [0.1, 0.15) is 22.9 Å². The van der Waals surface area contributed by atoms with E-state index >= 15 is 0 Å². The predicted octanol–water partition coefficient (Wildman–Crippen LogP) is 5.48. The fourth-order valence-electron chi connectivity index (χ4n) is 4.49. The van der Waals surface area contributed by atoms with Gasteiger partial charge in [-0.2, -0.15) is 9.40 Å². The number of aliphatic imine (C=N–C) groups is 1. The van der Waals surface area contributed by atoms with Gasteiger partial charge in [0.25, 0.3) is 0 Å². The van der Waals surface area contributed by atoms with Crippen molar-refractivity contribution in [1.82, 2.24) is 14.1 Å². The molecule has 4 aromatic rings. The van der Waals surface area contributed by atoms with Crippen LogP contribution in [0, 0.1) is 0 Å². The predicted molar refractivity (Wildman–Crippen MR) is 148 cm³/mol. The van der Waals surface area contributed by atoms with Crippen molar-refractivity contribution in [3.63, 3.8) is 0 Å². The normalized spacial score (nSPS) is 14.6. The molecule has 1 aliphatic heterocycles. The molecule has 0 saturated carbocycles. The Labute approximate surface area is 223 Å². The Hall–Kier alpha value is -3.95. The topological polar surface area (TPSA) is 86.0 Å². The third-order valence-electron chi connectivity index (χ3n) is 6.57. The summed E-state index contributed by atoms with van der Waals surface area (Å²) in [5.41, 5.74) is 3.91. The third-order valence-corrected chi connectivity index (χ3v) is 8.47. The number of nitrogens with zero attached hydrogens (tertiary/aromatic N) is 4. The smallest absolute Gasteiger partial charge is 0.243 e. The second-order valence-corrected chi connectivity index (χ2v) is 10.9. The van der Waals surface area contributed by atoms with Crippen LogP contribution in [0.25, 0.3) is 16.9 Å². The van der Waals surface area contributed by atoms with Crippen LogP contribution in [0.1, 0.15) is 24.8 Å². The number of benzene rings is 3. The van der Waals surface area contributed by atoms with Gasteiger partial charge in [0.2, 0.25) is 10.0 Å². The number of para-hydroxylation sites is 1. The van der Waals surface area contributed by atoms with Crippen LogP contribution in [0.15, 0.2) is 88.9 Å². The van der Waals surface area contributed by atoms with Crippen molar-refractivity contribution in [2.45, 2.75) is 24.2 Å². The van der Waals surface area contributed by atoms with Gasteiger partial charge >= 0.3 is 0 Å². The number of aromatic nitrogens is 2. The molecular formula is C29H30N4O4S. The lowest BCUT2D eigenvalue weighted by Gasteiger charge is -2.26. The van der Waals surface area contributed by atoms with Gasteiger partial charge in [-0.3, -0.25) is 4.99 Å². The van der Waals surface area contributed by atoms with E-state index in [-0.39, 0.29) is 4.90 Å². The molecule has 5 rings (SSSR count). The molecule has 196 valence electrons. The van der Waals surface area contributed by atoms with Crippen molar-refractivity contribution in [3.05, 3.63) is 84.6 Å². The van der Waals surface area contributed by atoms with E-state index in [2.05, 4.69) is 4.99 Å². The van der Waals surface area contributed by atoms with Crippen LogP contribution in [0.5, 0.6) is 11.5 Å². The summed E-state index contributed by atoms with van der Waals surface area (Å²) in [7, 11) is -0.428. The molecular weight excluding hydrogens is 500 g/mol.